The van der Waals surface area contributed by atoms with Gasteiger partial charge in [0, 0.05) is 22.7 Å². The van der Waals surface area contributed by atoms with Crippen molar-refractivity contribution in [3.05, 3.63) is 56.7 Å². The number of nitrogens with zero attached hydrogens (tertiary/aromatic N) is 2. The van der Waals surface area contributed by atoms with Crippen LogP contribution in [-0.2, 0) is 9.59 Å². The van der Waals surface area contributed by atoms with Crippen LogP contribution in [-0.4, -0.2) is 34.2 Å². The number of halogens is 1. The molecule has 2 aromatic carbocycles. The minimum absolute atomic E-state index is 0.0956. The van der Waals surface area contributed by atoms with Crippen LogP contribution < -0.4 is 5.32 Å². The molecule has 7 heteroatoms. The van der Waals surface area contributed by atoms with Crippen molar-refractivity contribution in [2.24, 2.45) is 4.99 Å². The lowest BCUT2D eigenvalue weighted by Gasteiger charge is -2.14. The molecular formula is C21H22IN3O2S. The van der Waals surface area contributed by atoms with Gasteiger partial charge in [0.15, 0.2) is 5.17 Å². The first-order valence-corrected chi connectivity index (χ1v) is 10.9. The molecule has 1 saturated heterocycles. The van der Waals surface area contributed by atoms with Gasteiger partial charge in [-0.1, -0.05) is 29.5 Å². The number of carbonyl (C=O) groups is 2. The molecule has 0 saturated carbocycles. The molecule has 1 heterocycles. The molecule has 0 bridgehead atoms. The van der Waals surface area contributed by atoms with E-state index in [-0.39, 0.29) is 18.2 Å². The first-order valence-electron chi connectivity index (χ1n) is 8.91. The Labute approximate surface area is 183 Å². The first kappa shape index (κ1) is 20.9. The standard InChI is InChI=1S/C21H22IN3O2S/c1-12-9-13(2)19(14(3)10-12)24-18(26)11-17-20(27)25(4)21(28-17)23-16-7-5-15(22)6-8-16/h5-10,17H,11H2,1-4H3,(H,24,26)/t17-/m0/s1. The highest BCUT2D eigenvalue weighted by Gasteiger charge is 2.37. The summed E-state index contributed by atoms with van der Waals surface area (Å²) in [4.78, 5) is 31.2. The van der Waals surface area contributed by atoms with E-state index in [1.54, 1.807) is 7.05 Å². The first-order chi connectivity index (χ1) is 13.2. The highest BCUT2D eigenvalue weighted by Crippen LogP contribution is 2.31. The van der Waals surface area contributed by atoms with Crippen molar-refractivity contribution in [3.8, 4) is 0 Å². The van der Waals surface area contributed by atoms with E-state index >= 15 is 0 Å². The van der Waals surface area contributed by atoms with E-state index in [9.17, 15) is 9.59 Å². The Hall–Kier alpha value is -1.87. The number of hydrogen-bond donors (Lipinski definition) is 1. The predicted molar refractivity (Wildman–Crippen MR) is 124 cm³/mol. The number of rotatable bonds is 4. The molecular weight excluding hydrogens is 485 g/mol. The number of hydrogen-bond acceptors (Lipinski definition) is 4. The van der Waals surface area contributed by atoms with Crippen LogP contribution in [0.3, 0.4) is 0 Å². The van der Waals surface area contributed by atoms with Crippen molar-refractivity contribution in [2.45, 2.75) is 32.4 Å². The van der Waals surface area contributed by atoms with Crippen LogP contribution in [0.4, 0.5) is 11.4 Å². The van der Waals surface area contributed by atoms with Gasteiger partial charge in [-0.25, -0.2) is 4.99 Å². The Morgan fingerprint density at radius 2 is 1.79 bits per heavy atom. The second-order valence-electron chi connectivity index (χ2n) is 6.90. The third kappa shape index (κ3) is 4.75. The molecule has 1 atom stereocenters. The average molecular weight is 507 g/mol. The summed E-state index contributed by atoms with van der Waals surface area (Å²) in [6.45, 7) is 5.99. The van der Waals surface area contributed by atoms with Crippen LogP contribution in [0.1, 0.15) is 23.1 Å². The molecule has 2 amide bonds. The van der Waals surface area contributed by atoms with E-state index in [0.717, 1.165) is 31.6 Å². The lowest BCUT2D eigenvalue weighted by Crippen LogP contribution is -2.30. The SMILES string of the molecule is Cc1cc(C)c(NC(=O)C[C@@H]2SC(=Nc3ccc(I)cc3)N(C)C2=O)c(C)c1. The van der Waals surface area contributed by atoms with E-state index in [4.69, 9.17) is 0 Å². The normalized spacial score (nSPS) is 18.0. The summed E-state index contributed by atoms with van der Waals surface area (Å²) in [5, 5.41) is 3.13. The van der Waals surface area contributed by atoms with Crippen molar-refractivity contribution < 1.29 is 9.59 Å². The van der Waals surface area contributed by atoms with Gasteiger partial charge >= 0.3 is 0 Å². The second-order valence-corrected chi connectivity index (χ2v) is 9.32. The van der Waals surface area contributed by atoms with E-state index in [1.165, 1.54) is 16.7 Å². The zero-order valence-electron chi connectivity index (χ0n) is 16.2. The van der Waals surface area contributed by atoms with E-state index in [0.29, 0.717) is 5.17 Å². The molecule has 1 aliphatic heterocycles. The largest absolute Gasteiger partial charge is 0.326 e. The van der Waals surface area contributed by atoms with Gasteiger partial charge in [-0.3, -0.25) is 14.5 Å². The van der Waals surface area contributed by atoms with Crippen LogP contribution in [0.15, 0.2) is 41.4 Å². The Morgan fingerprint density at radius 3 is 2.39 bits per heavy atom. The fourth-order valence-electron chi connectivity index (χ4n) is 3.16. The number of amidine groups is 1. The van der Waals surface area contributed by atoms with Crippen LogP contribution in [0, 0.1) is 24.3 Å². The Kier molecular flexibility index (Phi) is 6.44. The van der Waals surface area contributed by atoms with E-state index in [1.807, 2.05) is 57.2 Å². The number of thioether (sulfide) groups is 1. The van der Waals surface area contributed by atoms with Gasteiger partial charge in [-0.05, 0) is 78.8 Å². The number of aliphatic imine (C=N–C) groups is 1. The molecule has 28 heavy (non-hydrogen) atoms. The highest BCUT2D eigenvalue weighted by atomic mass is 127. The number of anilines is 1. The quantitative estimate of drug-likeness (QED) is 0.605. The maximum absolute atomic E-state index is 12.6. The summed E-state index contributed by atoms with van der Waals surface area (Å²) in [6, 6.07) is 11.8. The smallest absolute Gasteiger partial charge is 0.242 e. The molecule has 1 fully saturated rings. The third-order valence-corrected chi connectivity index (χ3v) is 6.45. The maximum Gasteiger partial charge on any atom is 0.242 e. The second kappa shape index (κ2) is 8.65. The summed E-state index contributed by atoms with van der Waals surface area (Å²) < 4.78 is 1.13. The molecule has 1 aliphatic rings. The van der Waals surface area contributed by atoms with E-state index in [2.05, 4.69) is 32.9 Å². The third-order valence-electron chi connectivity index (χ3n) is 4.50. The van der Waals surface area contributed by atoms with Crippen molar-refractivity contribution in [1.29, 1.82) is 0 Å². The summed E-state index contributed by atoms with van der Waals surface area (Å²) in [5.74, 6) is -0.258. The fourth-order valence-corrected chi connectivity index (χ4v) is 4.67. The minimum Gasteiger partial charge on any atom is -0.326 e. The number of benzene rings is 2. The van der Waals surface area contributed by atoms with Gasteiger partial charge < -0.3 is 5.32 Å². The number of nitrogens with one attached hydrogen (secondary N) is 1. The van der Waals surface area contributed by atoms with Crippen molar-refractivity contribution in [3.63, 3.8) is 0 Å². The van der Waals surface area contributed by atoms with E-state index < -0.39 is 5.25 Å². The molecule has 0 aromatic heterocycles. The summed E-state index contributed by atoms with van der Waals surface area (Å²) in [6.07, 6.45) is 0.117. The molecule has 146 valence electrons. The summed E-state index contributed by atoms with van der Waals surface area (Å²) in [7, 11) is 1.70. The zero-order chi connectivity index (χ0) is 20.4. The Bertz CT molecular complexity index is 934. The van der Waals surface area contributed by atoms with Crippen molar-refractivity contribution in [2.75, 3.05) is 12.4 Å². The zero-order valence-corrected chi connectivity index (χ0v) is 19.2. The molecule has 0 radical (unpaired) electrons. The van der Waals surface area contributed by atoms with Gasteiger partial charge in [0.25, 0.3) is 0 Å². The molecule has 0 unspecified atom stereocenters. The molecule has 0 spiro atoms. The maximum atomic E-state index is 12.6. The number of amides is 2. The fraction of sp³-hybridized carbons (Fsp3) is 0.286. The Morgan fingerprint density at radius 1 is 1.18 bits per heavy atom. The Balaban J connectivity index is 1.70. The number of aryl methyl sites for hydroxylation is 3. The van der Waals surface area contributed by atoms with Crippen molar-refractivity contribution >= 4 is 62.7 Å². The van der Waals surface area contributed by atoms with Gasteiger partial charge in [0.05, 0.1) is 5.69 Å². The monoisotopic (exact) mass is 507 g/mol. The van der Waals surface area contributed by atoms with Crippen LogP contribution in [0.2, 0.25) is 0 Å². The van der Waals surface area contributed by atoms with Crippen LogP contribution in [0.5, 0.6) is 0 Å². The molecule has 5 nitrogen and oxygen atoms in total. The van der Waals surface area contributed by atoms with Crippen LogP contribution >= 0.6 is 34.4 Å². The molecule has 0 aliphatic carbocycles. The lowest BCUT2D eigenvalue weighted by molar-refractivity contribution is -0.127. The predicted octanol–water partition coefficient (Wildman–Crippen LogP) is 4.81. The molecule has 3 rings (SSSR count). The average Bonchev–Trinajstić information content (AvgIpc) is 2.88. The molecule has 2 aromatic rings. The van der Waals surface area contributed by atoms with Gasteiger partial charge in [0.2, 0.25) is 11.8 Å². The summed E-state index contributed by atoms with van der Waals surface area (Å²) >= 11 is 3.58. The minimum atomic E-state index is -0.460. The topological polar surface area (TPSA) is 61.8 Å². The van der Waals surface area contributed by atoms with Crippen LogP contribution in [0.25, 0.3) is 0 Å². The van der Waals surface area contributed by atoms with Crippen molar-refractivity contribution in [1.82, 2.24) is 4.90 Å². The molecule has 1 N–H and O–H groups in total. The van der Waals surface area contributed by atoms with Gasteiger partial charge in [0.1, 0.15) is 5.25 Å². The number of carbonyl (C=O) groups excluding carboxylic acids is 2. The lowest BCUT2D eigenvalue weighted by atomic mass is 10.0. The highest BCUT2D eigenvalue weighted by molar-refractivity contribution is 14.1. The summed E-state index contributed by atoms with van der Waals surface area (Å²) in [5.41, 5.74) is 4.82. The van der Waals surface area contributed by atoms with Gasteiger partial charge in [-0.15, -0.1) is 0 Å². The van der Waals surface area contributed by atoms with Gasteiger partial charge in [-0.2, -0.15) is 0 Å².